The van der Waals surface area contributed by atoms with E-state index in [0.29, 0.717) is 12.1 Å². The number of likely N-dealkylation sites (N-methyl/N-ethyl adjacent to an activating group) is 1. The second-order valence-corrected chi connectivity index (χ2v) is 5.97. The molecule has 0 saturated heterocycles. The maximum atomic E-state index is 10.8. The smallest absolute Gasteiger partial charge is 0.151 e. The molecule has 0 spiro atoms. The first-order valence-corrected chi connectivity index (χ1v) is 7.02. The van der Waals surface area contributed by atoms with E-state index in [0.717, 1.165) is 42.1 Å². The van der Waals surface area contributed by atoms with Crippen molar-refractivity contribution in [1.29, 1.82) is 0 Å². The predicted octanol–water partition coefficient (Wildman–Crippen LogP) is 3.00. The second kappa shape index (κ2) is 5.41. The Balaban J connectivity index is 2.11. The third-order valence-electron chi connectivity index (χ3n) is 3.62. The van der Waals surface area contributed by atoms with Crippen LogP contribution in [0.4, 0.5) is 5.69 Å². The van der Waals surface area contributed by atoms with Crippen LogP contribution in [0.15, 0.2) is 22.7 Å². The first-order valence-electron chi connectivity index (χ1n) is 6.22. The molecule has 0 amide bonds. The Morgan fingerprint density at radius 2 is 2.11 bits per heavy atom. The average molecular weight is 312 g/mol. The Morgan fingerprint density at radius 3 is 2.67 bits per heavy atom. The van der Waals surface area contributed by atoms with Crippen LogP contribution in [0.2, 0.25) is 0 Å². The van der Waals surface area contributed by atoms with Crippen molar-refractivity contribution in [1.82, 2.24) is 0 Å². The maximum absolute atomic E-state index is 10.8. The molecular formula is C14H18BrNO2. The number of hydrogen-bond donors (Lipinski definition) is 1. The van der Waals surface area contributed by atoms with Crippen molar-refractivity contribution in [3.05, 3.63) is 28.2 Å². The molecule has 1 fully saturated rings. The highest BCUT2D eigenvalue weighted by Crippen LogP contribution is 2.31. The van der Waals surface area contributed by atoms with E-state index in [1.54, 1.807) is 6.07 Å². The molecule has 0 bridgehead atoms. The van der Waals surface area contributed by atoms with Gasteiger partial charge in [0.15, 0.2) is 6.29 Å². The molecule has 98 valence electrons. The van der Waals surface area contributed by atoms with E-state index in [2.05, 4.69) is 15.9 Å². The van der Waals surface area contributed by atoms with Gasteiger partial charge in [0.1, 0.15) is 0 Å². The third-order valence-corrected chi connectivity index (χ3v) is 4.30. The highest BCUT2D eigenvalue weighted by Gasteiger charge is 2.32. The Kier molecular flexibility index (Phi) is 4.07. The number of hydrogen-bond acceptors (Lipinski definition) is 3. The largest absolute Gasteiger partial charge is 0.388 e. The predicted molar refractivity (Wildman–Crippen MR) is 76.2 cm³/mol. The van der Waals surface area contributed by atoms with Gasteiger partial charge in [-0.1, -0.05) is 12.8 Å². The second-order valence-electron chi connectivity index (χ2n) is 5.11. The molecule has 4 heteroatoms. The summed E-state index contributed by atoms with van der Waals surface area (Å²) in [4.78, 5) is 12.8. The van der Waals surface area contributed by atoms with Crippen molar-refractivity contribution in [2.45, 2.75) is 31.3 Å². The molecule has 0 atom stereocenters. The normalized spacial score (nSPS) is 17.7. The lowest BCUT2D eigenvalue weighted by Gasteiger charge is -2.30. The monoisotopic (exact) mass is 311 g/mol. The highest BCUT2D eigenvalue weighted by molar-refractivity contribution is 9.10. The van der Waals surface area contributed by atoms with Crippen LogP contribution in [-0.4, -0.2) is 30.6 Å². The van der Waals surface area contributed by atoms with Gasteiger partial charge >= 0.3 is 0 Å². The molecule has 3 nitrogen and oxygen atoms in total. The van der Waals surface area contributed by atoms with Gasteiger partial charge in [-0.25, -0.2) is 0 Å². The van der Waals surface area contributed by atoms with Crippen LogP contribution >= 0.6 is 15.9 Å². The lowest BCUT2D eigenvalue weighted by atomic mass is 10.0. The van der Waals surface area contributed by atoms with Crippen molar-refractivity contribution in [2.75, 3.05) is 18.5 Å². The summed E-state index contributed by atoms with van der Waals surface area (Å²) in [5.74, 6) is 0. The summed E-state index contributed by atoms with van der Waals surface area (Å²) < 4.78 is 0.792. The van der Waals surface area contributed by atoms with Crippen LogP contribution in [0, 0.1) is 0 Å². The molecule has 0 radical (unpaired) electrons. The number of halogens is 1. The van der Waals surface area contributed by atoms with Gasteiger partial charge in [0.25, 0.3) is 0 Å². The molecule has 1 aliphatic rings. The Hall–Kier alpha value is -0.870. The minimum atomic E-state index is -0.551. The van der Waals surface area contributed by atoms with Crippen LogP contribution in [0.1, 0.15) is 36.0 Å². The van der Waals surface area contributed by atoms with Gasteiger partial charge in [-0.2, -0.15) is 0 Å². The van der Waals surface area contributed by atoms with E-state index < -0.39 is 5.60 Å². The topological polar surface area (TPSA) is 40.5 Å². The van der Waals surface area contributed by atoms with Crippen molar-refractivity contribution in [3.8, 4) is 0 Å². The summed E-state index contributed by atoms with van der Waals surface area (Å²) in [6.07, 6.45) is 4.81. The van der Waals surface area contributed by atoms with Crippen LogP contribution in [0.25, 0.3) is 0 Å². The fourth-order valence-corrected chi connectivity index (χ4v) is 3.03. The van der Waals surface area contributed by atoms with Crippen molar-refractivity contribution in [2.24, 2.45) is 0 Å². The molecule has 0 unspecified atom stereocenters. The summed E-state index contributed by atoms with van der Waals surface area (Å²) in [6.45, 7) is 0.639. The third kappa shape index (κ3) is 2.93. The summed E-state index contributed by atoms with van der Waals surface area (Å²) in [7, 11) is 1.97. The summed E-state index contributed by atoms with van der Waals surface area (Å²) in [5.41, 5.74) is 1.10. The number of carbonyl (C=O) groups is 1. The zero-order valence-electron chi connectivity index (χ0n) is 10.5. The van der Waals surface area contributed by atoms with Gasteiger partial charge < -0.3 is 10.0 Å². The van der Waals surface area contributed by atoms with E-state index in [4.69, 9.17) is 0 Å². The van der Waals surface area contributed by atoms with E-state index in [-0.39, 0.29) is 0 Å². The highest BCUT2D eigenvalue weighted by atomic mass is 79.9. The fraction of sp³-hybridized carbons (Fsp3) is 0.500. The Bertz CT molecular complexity index is 441. The Labute approximate surface area is 116 Å². The van der Waals surface area contributed by atoms with Gasteiger partial charge in [-0.05, 0) is 47.0 Å². The zero-order chi connectivity index (χ0) is 13.2. The van der Waals surface area contributed by atoms with Crippen molar-refractivity contribution in [3.63, 3.8) is 0 Å². The van der Waals surface area contributed by atoms with Gasteiger partial charge in [0.2, 0.25) is 0 Å². The molecule has 1 aromatic rings. The number of aliphatic hydroxyl groups is 1. The minimum Gasteiger partial charge on any atom is -0.388 e. The molecule has 18 heavy (non-hydrogen) atoms. The lowest BCUT2D eigenvalue weighted by molar-refractivity contribution is 0.0559. The van der Waals surface area contributed by atoms with E-state index in [1.165, 1.54) is 0 Å². The zero-order valence-corrected chi connectivity index (χ0v) is 12.1. The SMILES string of the molecule is CN(CC1(O)CCCC1)c1ccc(C=O)c(Br)c1. The summed E-state index contributed by atoms with van der Waals surface area (Å²) in [5, 5.41) is 10.4. The molecule has 2 rings (SSSR count). The number of nitrogens with zero attached hydrogens (tertiary/aromatic N) is 1. The van der Waals surface area contributed by atoms with Crippen LogP contribution < -0.4 is 4.90 Å². The standard InChI is InChI=1S/C14H18BrNO2/c1-16(10-14(18)6-2-3-7-14)12-5-4-11(9-17)13(15)8-12/h4-5,8-9,18H,2-3,6-7,10H2,1H3. The molecule has 1 saturated carbocycles. The lowest BCUT2D eigenvalue weighted by Crippen LogP contribution is -2.39. The Morgan fingerprint density at radius 1 is 1.44 bits per heavy atom. The summed E-state index contributed by atoms with van der Waals surface area (Å²) >= 11 is 3.38. The molecule has 0 aromatic heterocycles. The number of carbonyl (C=O) groups excluding carboxylic acids is 1. The quantitative estimate of drug-likeness (QED) is 0.869. The van der Waals surface area contributed by atoms with E-state index in [9.17, 15) is 9.90 Å². The number of anilines is 1. The average Bonchev–Trinajstić information content (AvgIpc) is 2.75. The number of benzene rings is 1. The van der Waals surface area contributed by atoms with E-state index >= 15 is 0 Å². The molecule has 0 aliphatic heterocycles. The number of rotatable bonds is 4. The van der Waals surface area contributed by atoms with E-state index in [1.807, 2.05) is 24.1 Å². The van der Waals surface area contributed by atoms with Crippen LogP contribution in [0.3, 0.4) is 0 Å². The molecule has 0 heterocycles. The van der Waals surface area contributed by atoms with Crippen molar-refractivity contribution >= 4 is 27.9 Å². The molecule has 1 N–H and O–H groups in total. The van der Waals surface area contributed by atoms with Crippen LogP contribution in [-0.2, 0) is 0 Å². The number of aldehydes is 1. The molecule has 1 aliphatic carbocycles. The molecular weight excluding hydrogens is 294 g/mol. The fourth-order valence-electron chi connectivity index (χ4n) is 2.57. The van der Waals surface area contributed by atoms with Crippen molar-refractivity contribution < 1.29 is 9.90 Å². The maximum Gasteiger partial charge on any atom is 0.151 e. The van der Waals surface area contributed by atoms with Gasteiger partial charge in [-0.3, -0.25) is 4.79 Å². The van der Waals surface area contributed by atoms with Gasteiger partial charge in [0.05, 0.1) is 5.60 Å². The first kappa shape index (κ1) is 13.6. The first-order chi connectivity index (χ1) is 8.54. The minimum absolute atomic E-state index is 0.551. The van der Waals surface area contributed by atoms with Gasteiger partial charge in [0, 0.05) is 29.3 Å². The van der Waals surface area contributed by atoms with Crippen LogP contribution in [0.5, 0.6) is 0 Å². The molecule has 1 aromatic carbocycles. The summed E-state index contributed by atoms with van der Waals surface area (Å²) in [6, 6.07) is 5.62. The van der Waals surface area contributed by atoms with Gasteiger partial charge in [-0.15, -0.1) is 0 Å².